The number of benzene rings is 1. The Balaban J connectivity index is 1.51. The Morgan fingerprint density at radius 3 is 2.48 bits per heavy atom. The Kier molecular flexibility index (Phi) is 5.83. The summed E-state index contributed by atoms with van der Waals surface area (Å²) in [5.41, 5.74) is 1.13. The van der Waals surface area contributed by atoms with Gasteiger partial charge in [-0.25, -0.2) is 8.42 Å². The van der Waals surface area contributed by atoms with Gasteiger partial charge in [0.05, 0.1) is 19.0 Å². The van der Waals surface area contributed by atoms with Gasteiger partial charge in [0.2, 0.25) is 10.0 Å². The summed E-state index contributed by atoms with van der Waals surface area (Å²) in [6, 6.07) is 13.3. The van der Waals surface area contributed by atoms with Crippen LogP contribution >= 0.6 is 0 Å². The molecule has 0 spiro atoms. The second-order valence-electron chi connectivity index (χ2n) is 5.89. The van der Waals surface area contributed by atoms with E-state index >= 15 is 0 Å². The number of aromatic nitrogens is 2. The van der Waals surface area contributed by atoms with Gasteiger partial charge >= 0.3 is 0 Å². The Labute approximate surface area is 148 Å². The molecule has 25 heavy (non-hydrogen) atoms. The molecule has 3 rings (SSSR count). The summed E-state index contributed by atoms with van der Waals surface area (Å²) in [6.45, 7) is 2.85. The molecule has 0 bridgehead atoms. The average molecular weight is 362 g/mol. The number of rotatable bonds is 7. The third kappa shape index (κ3) is 5.40. The van der Waals surface area contributed by atoms with Crippen molar-refractivity contribution in [3.63, 3.8) is 0 Å². The molecule has 7 nitrogen and oxygen atoms in total. The number of anilines is 2. The van der Waals surface area contributed by atoms with Crippen LogP contribution in [0.15, 0.2) is 42.5 Å². The molecule has 1 fully saturated rings. The SMILES string of the molecule is O=S(=O)(CCCc1ccccc1)Nc1ccc(N2CCOCC2)nn1. The van der Waals surface area contributed by atoms with Crippen LogP contribution < -0.4 is 9.62 Å². The minimum atomic E-state index is -3.43. The van der Waals surface area contributed by atoms with Crippen molar-refractivity contribution in [2.45, 2.75) is 12.8 Å². The zero-order valence-electron chi connectivity index (χ0n) is 14.0. The highest BCUT2D eigenvalue weighted by atomic mass is 32.2. The number of morpholine rings is 1. The summed E-state index contributed by atoms with van der Waals surface area (Å²) >= 11 is 0. The molecule has 2 aromatic rings. The van der Waals surface area contributed by atoms with E-state index in [-0.39, 0.29) is 11.6 Å². The molecule has 0 unspecified atom stereocenters. The van der Waals surface area contributed by atoms with Gasteiger partial charge in [-0.15, -0.1) is 10.2 Å². The molecule has 1 N–H and O–H groups in total. The fraction of sp³-hybridized carbons (Fsp3) is 0.412. The third-order valence-electron chi connectivity index (χ3n) is 3.97. The molecule has 0 atom stereocenters. The minimum absolute atomic E-state index is 0.0504. The molecule has 1 aliphatic rings. The summed E-state index contributed by atoms with van der Waals surface area (Å²) in [5.74, 6) is 1.03. The van der Waals surface area contributed by atoms with Crippen LogP contribution in [0.25, 0.3) is 0 Å². The Morgan fingerprint density at radius 1 is 1.04 bits per heavy atom. The molecule has 8 heteroatoms. The van der Waals surface area contributed by atoms with Crippen molar-refractivity contribution in [3.8, 4) is 0 Å². The van der Waals surface area contributed by atoms with E-state index in [1.54, 1.807) is 12.1 Å². The van der Waals surface area contributed by atoms with Gasteiger partial charge in [-0.2, -0.15) is 0 Å². The van der Waals surface area contributed by atoms with Gasteiger partial charge in [-0.1, -0.05) is 30.3 Å². The molecule has 0 amide bonds. The van der Waals surface area contributed by atoms with Crippen molar-refractivity contribution in [1.29, 1.82) is 0 Å². The van der Waals surface area contributed by atoms with Crippen LogP contribution in [0.4, 0.5) is 11.6 Å². The molecule has 1 aromatic carbocycles. The molecule has 134 valence electrons. The predicted octanol–water partition coefficient (Wildman–Crippen LogP) is 1.69. The maximum Gasteiger partial charge on any atom is 0.233 e. The summed E-state index contributed by atoms with van der Waals surface area (Å²) in [5, 5.41) is 8.09. The van der Waals surface area contributed by atoms with E-state index < -0.39 is 10.0 Å². The van der Waals surface area contributed by atoms with E-state index in [1.165, 1.54) is 0 Å². The Bertz CT molecular complexity index is 760. The lowest BCUT2D eigenvalue weighted by Gasteiger charge is -2.27. The Hall–Kier alpha value is -2.19. The number of nitrogens with one attached hydrogen (secondary N) is 1. The highest BCUT2D eigenvalue weighted by Crippen LogP contribution is 2.14. The van der Waals surface area contributed by atoms with Crippen LogP contribution in [-0.4, -0.2) is 50.7 Å². The lowest BCUT2D eigenvalue weighted by Crippen LogP contribution is -2.36. The van der Waals surface area contributed by atoms with Crippen LogP contribution in [0.3, 0.4) is 0 Å². The highest BCUT2D eigenvalue weighted by molar-refractivity contribution is 7.92. The van der Waals surface area contributed by atoms with Gasteiger partial charge in [0.15, 0.2) is 11.6 Å². The van der Waals surface area contributed by atoms with Crippen molar-refractivity contribution in [3.05, 3.63) is 48.0 Å². The molecule has 0 aliphatic carbocycles. The zero-order chi connectivity index (χ0) is 17.5. The van der Waals surface area contributed by atoms with Crippen LogP contribution in [0.2, 0.25) is 0 Å². The monoisotopic (exact) mass is 362 g/mol. The van der Waals surface area contributed by atoms with Gasteiger partial charge in [-0.3, -0.25) is 4.72 Å². The fourth-order valence-corrected chi connectivity index (χ4v) is 3.72. The maximum absolute atomic E-state index is 12.2. The van der Waals surface area contributed by atoms with Gasteiger partial charge in [-0.05, 0) is 30.5 Å². The number of hydrogen-bond acceptors (Lipinski definition) is 6. The van der Waals surface area contributed by atoms with E-state index in [4.69, 9.17) is 4.74 Å². The number of sulfonamides is 1. The van der Waals surface area contributed by atoms with Crippen LogP contribution in [0.5, 0.6) is 0 Å². The molecule has 2 heterocycles. The van der Waals surface area contributed by atoms with Crippen molar-refractivity contribution < 1.29 is 13.2 Å². The molecule has 1 aliphatic heterocycles. The first-order valence-electron chi connectivity index (χ1n) is 8.33. The minimum Gasteiger partial charge on any atom is -0.378 e. The predicted molar refractivity (Wildman–Crippen MR) is 97.2 cm³/mol. The fourth-order valence-electron chi connectivity index (χ4n) is 2.66. The first kappa shape index (κ1) is 17.6. The zero-order valence-corrected chi connectivity index (χ0v) is 14.8. The number of aryl methyl sites for hydroxylation is 1. The quantitative estimate of drug-likeness (QED) is 0.807. The normalized spacial score (nSPS) is 15.1. The highest BCUT2D eigenvalue weighted by Gasteiger charge is 2.15. The maximum atomic E-state index is 12.2. The number of nitrogens with zero attached hydrogens (tertiary/aromatic N) is 3. The Morgan fingerprint density at radius 2 is 1.80 bits per heavy atom. The second kappa shape index (κ2) is 8.26. The molecule has 1 saturated heterocycles. The summed E-state index contributed by atoms with van der Waals surface area (Å²) < 4.78 is 32.1. The average Bonchev–Trinajstić information content (AvgIpc) is 2.63. The van der Waals surface area contributed by atoms with Crippen LogP contribution in [0, 0.1) is 0 Å². The molecule has 1 aromatic heterocycles. The van der Waals surface area contributed by atoms with E-state index in [0.717, 1.165) is 30.9 Å². The van der Waals surface area contributed by atoms with Crippen molar-refractivity contribution in [1.82, 2.24) is 10.2 Å². The number of hydrogen-bond donors (Lipinski definition) is 1. The summed E-state index contributed by atoms with van der Waals surface area (Å²) in [4.78, 5) is 2.06. The summed E-state index contributed by atoms with van der Waals surface area (Å²) in [7, 11) is -3.43. The smallest absolute Gasteiger partial charge is 0.233 e. The first-order chi connectivity index (χ1) is 12.1. The molecule has 0 radical (unpaired) electrons. The first-order valence-corrected chi connectivity index (χ1v) is 9.98. The van der Waals surface area contributed by atoms with Gasteiger partial charge in [0, 0.05) is 13.1 Å². The van der Waals surface area contributed by atoms with Gasteiger partial charge in [0.1, 0.15) is 0 Å². The lowest BCUT2D eigenvalue weighted by atomic mass is 10.1. The summed E-state index contributed by atoms with van der Waals surface area (Å²) in [6.07, 6.45) is 1.28. The van der Waals surface area contributed by atoms with Crippen molar-refractivity contribution >= 4 is 21.7 Å². The molecular weight excluding hydrogens is 340 g/mol. The topological polar surface area (TPSA) is 84.4 Å². The van der Waals surface area contributed by atoms with Crippen molar-refractivity contribution in [2.24, 2.45) is 0 Å². The van der Waals surface area contributed by atoms with Crippen LogP contribution in [-0.2, 0) is 21.2 Å². The van der Waals surface area contributed by atoms with Gasteiger partial charge in [0.25, 0.3) is 0 Å². The van der Waals surface area contributed by atoms with E-state index in [1.807, 2.05) is 30.3 Å². The number of ether oxygens (including phenoxy) is 1. The lowest BCUT2D eigenvalue weighted by molar-refractivity contribution is 0.122. The third-order valence-corrected chi connectivity index (χ3v) is 5.31. The van der Waals surface area contributed by atoms with E-state index in [9.17, 15) is 8.42 Å². The molecule has 0 saturated carbocycles. The largest absolute Gasteiger partial charge is 0.378 e. The van der Waals surface area contributed by atoms with E-state index in [0.29, 0.717) is 19.6 Å². The van der Waals surface area contributed by atoms with Crippen LogP contribution in [0.1, 0.15) is 12.0 Å². The van der Waals surface area contributed by atoms with Crippen molar-refractivity contribution in [2.75, 3.05) is 41.7 Å². The van der Waals surface area contributed by atoms with Gasteiger partial charge < -0.3 is 9.64 Å². The second-order valence-corrected chi connectivity index (χ2v) is 7.73. The molecular formula is C17H22N4O3S. The standard InChI is InChI=1S/C17H22N4O3S/c22-25(23,14-4-7-15-5-2-1-3-6-15)20-16-8-9-17(19-18-16)21-10-12-24-13-11-21/h1-3,5-6,8-9H,4,7,10-14H2,(H,18,20). The van der Waals surface area contributed by atoms with E-state index in [2.05, 4.69) is 19.8 Å².